The first kappa shape index (κ1) is 21.1. The molecule has 0 spiro atoms. The van der Waals surface area contributed by atoms with Crippen LogP contribution >= 0.6 is 23.1 Å². The Hall–Kier alpha value is -1.60. The standard InChI is InChI=1S/C21H29N3O2S2/c1-4-12-24-20(26)18-14(2)15(3)28-19(18)23-21(24)27-13-17(25)22-16-10-8-6-5-7-9-11-16/h4,16H,1,5-13H2,2-3H3,(H,22,25). The van der Waals surface area contributed by atoms with Gasteiger partial charge < -0.3 is 5.32 Å². The number of nitrogens with zero attached hydrogens (tertiary/aromatic N) is 2. The number of hydrogen-bond donors (Lipinski definition) is 1. The van der Waals surface area contributed by atoms with Crippen molar-refractivity contribution in [3.05, 3.63) is 33.4 Å². The summed E-state index contributed by atoms with van der Waals surface area (Å²) in [6.45, 7) is 8.12. The maximum absolute atomic E-state index is 13.0. The van der Waals surface area contributed by atoms with Crippen LogP contribution in [0.25, 0.3) is 10.2 Å². The molecule has 2 heterocycles. The monoisotopic (exact) mass is 419 g/mol. The van der Waals surface area contributed by atoms with E-state index in [0.29, 0.717) is 17.1 Å². The average Bonchev–Trinajstić information content (AvgIpc) is 2.92. The first-order valence-electron chi connectivity index (χ1n) is 10.0. The van der Waals surface area contributed by atoms with Crippen molar-refractivity contribution in [1.82, 2.24) is 14.9 Å². The highest BCUT2D eigenvalue weighted by Crippen LogP contribution is 2.28. The van der Waals surface area contributed by atoms with Crippen LogP contribution in [0.4, 0.5) is 0 Å². The summed E-state index contributed by atoms with van der Waals surface area (Å²) < 4.78 is 1.63. The van der Waals surface area contributed by atoms with Crippen LogP contribution < -0.4 is 10.9 Å². The highest BCUT2D eigenvalue weighted by Gasteiger charge is 2.18. The van der Waals surface area contributed by atoms with Gasteiger partial charge in [0.2, 0.25) is 5.91 Å². The number of rotatable bonds is 6. The third-order valence-corrected chi connectivity index (χ3v) is 7.45. The number of fused-ring (bicyclic) bond motifs is 1. The Labute approximate surface area is 174 Å². The van der Waals surface area contributed by atoms with E-state index < -0.39 is 0 Å². The molecule has 152 valence electrons. The van der Waals surface area contributed by atoms with E-state index in [-0.39, 0.29) is 23.3 Å². The summed E-state index contributed by atoms with van der Waals surface area (Å²) in [6, 6.07) is 0.279. The van der Waals surface area contributed by atoms with Gasteiger partial charge in [0.25, 0.3) is 5.56 Å². The van der Waals surface area contributed by atoms with E-state index in [1.165, 1.54) is 55.2 Å². The smallest absolute Gasteiger partial charge is 0.263 e. The number of carbonyl (C=O) groups is 1. The van der Waals surface area contributed by atoms with Gasteiger partial charge in [-0.1, -0.05) is 49.9 Å². The Bertz CT molecular complexity index is 908. The molecule has 1 N–H and O–H groups in total. The van der Waals surface area contributed by atoms with Crippen molar-refractivity contribution in [2.75, 3.05) is 5.75 Å². The second-order valence-electron chi connectivity index (χ2n) is 7.46. The van der Waals surface area contributed by atoms with Crippen molar-refractivity contribution in [2.45, 2.75) is 76.5 Å². The minimum Gasteiger partial charge on any atom is -0.353 e. The number of carbonyl (C=O) groups excluding carboxylic acids is 1. The second kappa shape index (κ2) is 9.74. The molecule has 0 radical (unpaired) electrons. The van der Waals surface area contributed by atoms with Crippen LogP contribution in [-0.2, 0) is 11.3 Å². The molecule has 2 aromatic rings. The van der Waals surface area contributed by atoms with Crippen LogP contribution in [0, 0.1) is 13.8 Å². The first-order valence-corrected chi connectivity index (χ1v) is 11.8. The fourth-order valence-corrected chi connectivity index (χ4v) is 5.60. The van der Waals surface area contributed by atoms with Crippen molar-refractivity contribution in [2.24, 2.45) is 0 Å². The summed E-state index contributed by atoms with van der Waals surface area (Å²) in [7, 11) is 0. The van der Waals surface area contributed by atoms with Crippen LogP contribution in [0.1, 0.15) is 55.4 Å². The largest absolute Gasteiger partial charge is 0.353 e. The molecular weight excluding hydrogens is 390 g/mol. The van der Waals surface area contributed by atoms with Gasteiger partial charge >= 0.3 is 0 Å². The molecule has 3 rings (SSSR count). The van der Waals surface area contributed by atoms with Crippen LogP contribution in [0.5, 0.6) is 0 Å². The number of hydrogen-bond acceptors (Lipinski definition) is 5. The molecular formula is C21H29N3O2S2. The summed E-state index contributed by atoms with van der Waals surface area (Å²) in [5, 5.41) is 4.46. The van der Waals surface area contributed by atoms with Gasteiger partial charge in [0.05, 0.1) is 11.1 Å². The summed E-state index contributed by atoms with van der Waals surface area (Å²) >= 11 is 2.87. The van der Waals surface area contributed by atoms with Gasteiger partial charge in [0, 0.05) is 17.5 Å². The van der Waals surface area contributed by atoms with Crippen molar-refractivity contribution < 1.29 is 4.79 Å². The lowest BCUT2D eigenvalue weighted by atomic mass is 9.97. The highest BCUT2D eigenvalue weighted by atomic mass is 32.2. The lowest BCUT2D eigenvalue weighted by Gasteiger charge is -2.21. The Morgan fingerprint density at radius 1 is 1.29 bits per heavy atom. The van der Waals surface area contributed by atoms with E-state index in [4.69, 9.17) is 4.98 Å². The summed E-state index contributed by atoms with van der Waals surface area (Å²) in [6.07, 6.45) is 10.0. The number of thioether (sulfide) groups is 1. The zero-order valence-corrected chi connectivity index (χ0v) is 18.4. The first-order chi connectivity index (χ1) is 13.5. The second-order valence-corrected chi connectivity index (χ2v) is 9.61. The van der Waals surface area contributed by atoms with Crippen LogP contribution in [0.2, 0.25) is 0 Å². The minimum absolute atomic E-state index is 0.0219. The predicted molar refractivity (Wildman–Crippen MR) is 119 cm³/mol. The molecule has 7 heteroatoms. The lowest BCUT2D eigenvalue weighted by molar-refractivity contribution is -0.119. The van der Waals surface area contributed by atoms with Gasteiger partial charge in [-0.15, -0.1) is 17.9 Å². The third kappa shape index (κ3) is 4.87. The number of thiophene rings is 1. The third-order valence-electron chi connectivity index (χ3n) is 5.37. The molecule has 1 saturated carbocycles. The molecule has 1 fully saturated rings. The van der Waals surface area contributed by atoms with Gasteiger partial charge in [-0.05, 0) is 32.3 Å². The molecule has 1 aliphatic rings. The van der Waals surface area contributed by atoms with Crippen molar-refractivity contribution in [3.8, 4) is 0 Å². The normalized spacial score (nSPS) is 15.9. The average molecular weight is 420 g/mol. The molecule has 1 aliphatic carbocycles. The Morgan fingerprint density at radius 3 is 2.64 bits per heavy atom. The molecule has 0 aromatic carbocycles. The summed E-state index contributed by atoms with van der Waals surface area (Å²) in [5.41, 5.74) is 0.948. The van der Waals surface area contributed by atoms with E-state index in [2.05, 4.69) is 11.9 Å². The van der Waals surface area contributed by atoms with Gasteiger partial charge in [-0.25, -0.2) is 4.98 Å². The highest BCUT2D eigenvalue weighted by molar-refractivity contribution is 7.99. The number of allylic oxidation sites excluding steroid dienone is 1. The minimum atomic E-state index is -0.0466. The van der Waals surface area contributed by atoms with Crippen LogP contribution in [-0.4, -0.2) is 27.3 Å². The maximum atomic E-state index is 13.0. The van der Waals surface area contributed by atoms with E-state index in [1.807, 2.05) is 13.8 Å². The molecule has 28 heavy (non-hydrogen) atoms. The van der Waals surface area contributed by atoms with Gasteiger partial charge in [0.1, 0.15) is 4.83 Å². The lowest BCUT2D eigenvalue weighted by Crippen LogP contribution is -2.36. The van der Waals surface area contributed by atoms with Crippen molar-refractivity contribution in [1.29, 1.82) is 0 Å². The van der Waals surface area contributed by atoms with E-state index in [0.717, 1.165) is 28.1 Å². The van der Waals surface area contributed by atoms with Crippen molar-refractivity contribution in [3.63, 3.8) is 0 Å². The maximum Gasteiger partial charge on any atom is 0.263 e. The van der Waals surface area contributed by atoms with Crippen LogP contribution in [0.3, 0.4) is 0 Å². The van der Waals surface area contributed by atoms with E-state index in [9.17, 15) is 9.59 Å². The SMILES string of the molecule is C=CCn1c(SCC(=O)NC2CCCCCCC2)nc2sc(C)c(C)c2c1=O. The quantitative estimate of drug-likeness (QED) is 0.423. The predicted octanol–water partition coefficient (Wildman–Crippen LogP) is 4.58. The van der Waals surface area contributed by atoms with Crippen molar-refractivity contribution >= 4 is 39.2 Å². The van der Waals surface area contributed by atoms with E-state index >= 15 is 0 Å². The van der Waals surface area contributed by atoms with Gasteiger partial charge in [0.15, 0.2) is 5.16 Å². The Kier molecular flexibility index (Phi) is 7.35. The molecule has 0 aliphatic heterocycles. The molecule has 2 aromatic heterocycles. The molecule has 0 saturated heterocycles. The zero-order chi connectivity index (χ0) is 20.1. The Morgan fingerprint density at radius 2 is 1.96 bits per heavy atom. The van der Waals surface area contributed by atoms with Gasteiger partial charge in [-0.3, -0.25) is 14.2 Å². The summed E-state index contributed by atoms with van der Waals surface area (Å²) in [4.78, 5) is 32.0. The topological polar surface area (TPSA) is 64.0 Å². The molecule has 5 nitrogen and oxygen atoms in total. The van der Waals surface area contributed by atoms with E-state index in [1.54, 1.807) is 10.6 Å². The van der Waals surface area contributed by atoms with Gasteiger partial charge in [-0.2, -0.15) is 0 Å². The molecule has 0 bridgehead atoms. The number of amides is 1. The fraction of sp³-hybridized carbons (Fsp3) is 0.571. The zero-order valence-electron chi connectivity index (χ0n) is 16.8. The number of nitrogens with one attached hydrogen (secondary N) is 1. The molecule has 1 amide bonds. The number of aryl methyl sites for hydroxylation is 2. The summed E-state index contributed by atoms with van der Waals surface area (Å²) in [5.74, 6) is 0.295. The molecule has 0 unspecified atom stereocenters. The molecule has 0 atom stereocenters. The fourth-order valence-electron chi connectivity index (χ4n) is 3.71. The number of aromatic nitrogens is 2. The Balaban J connectivity index is 1.74. The van der Waals surface area contributed by atoms with Crippen LogP contribution in [0.15, 0.2) is 22.6 Å².